The van der Waals surface area contributed by atoms with Gasteiger partial charge in [0.05, 0.1) is 26.3 Å². The predicted octanol–water partition coefficient (Wildman–Crippen LogP) is 2.43. The molecule has 1 fully saturated rings. The van der Waals surface area contributed by atoms with Gasteiger partial charge in [-0.15, -0.1) is 0 Å². The molecular weight excluding hydrogens is 372 g/mol. The molecule has 2 aromatic rings. The van der Waals surface area contributed by atoms with E-state index in [1.54, 1.807) is 44.6 Å². The van der Waals surface area contributed by atoms with E-state index in [1.165, 1.54) is 11.8 Å². The largest absolute Gasteiger partial charge is 0.493 e. The van der Waals surface area contributed by atoms with Gasteiger partial charge in [-0.1, -0.05) is 24.3 Å². The van der Waals surface area contributed by atoms with E-state index in [9.17, 15) is 14.4 Å². The van der Waals surface area contributed by atoms with Gasteiger partial charge in [0.2, 0.25) is 11.8 Å². The molecule has 0 spiro atoms. The second-order valence-electron chi connectivity index (χ2n) is 6.77. The summed E-state index contributed by atoms with van der Waals surface area (Å²) in [7, 11) is 3.13. The molecule has 152 valence electrons. The number of hydrogen-bond acceptors (Lipinski definition) is 5. The zero-order valence-electron chi connectivity index (χ0n) is 16.8. The third-order valence-electron chi connectivity index (χ3n) is 5.01. The highest BCUT2D eigenvalue weighted by atomic mass is 16.5. The first-order valence-electron chi connectivity index (χ1n) is 9.36. The first-order valence-corrected chi connectivity index (χ1v) is 9.36. The van der Waals surface area contributed by atoms with Gasteiger partial charge in [-0.2, -0.15) is 0 Å². The zero-order valence-corrected chi connectivity index (χ0v) is 16.8. The lowest BCUT2D eigenvalue weighted by atomic mass is 10.1. The van der Waals surface area contributed by atoms with Crippen LogP contribution in [0.1, 0.15) is 18.9 Å². The maximum Gasteiger partial charge on any atom is 0.257 e. The van der Waals surface area contributed by atoms with Crippen molar-refractivity contribution in [3.05, 3.63) is 54.1 Å². The fourth-order valence-electron chi connectivity index (χ4n) is 3.53. The number of amides is 3. The standard InChI is InChI=1S/C22H24N2O5/c1-15(25)23(12-11-16-9-10-19(28-2)20(13-16)29-3)18-14-21(26)24(22(18)27)17-7-5-4-6-8-17/h4-10,13,18H,11-12,14H2,1-3H3/t18-/m1/s1. The Morgan fingerprint density at radius 1 is 1.07 bits per heavy atom. The molecule has 7 nitrogen and oxygen atoms in total. The molecule has 3 rings (SSSR count). The Morgan fingerprint density at radius 3 is 2.38 bits per heavy atom. The monoisotopic (exact) mass is 396 g/mol. The lowest BCUT2D eigenvalue weighted by Crippen LogP contribution is -2.45. The van der Waals surface area contributed by atoms with Crippen LogP contribution in [0.2, 0.25) is 0 Å². The van der Waals surface area contributed by atoms with Crippen molar-refractivity contribution in [2.45, 2.75) is 25.8 Å². The van der Waals surface area contributed by atoms with Crippen LogP contribution >= 0.6 is 0 Å². The molecule has 7 heteroatoms. The minimum absolute atomic E-state index is 0.0146. The van der Waals surface area contributed by atoms with Crippen LogP contribution in [0.3, 0.4) is 0 Å². The van der Waals surface area contributed by atoms with Crippen LogP contribution < -0.4 is 14.4 Å². The number of nitrogens with zero attached hydrogens (tertiary/aromatic N) is 2. The lowest BCUT2D eigenvalue weighted by molar-refractivity contribution is -0.136. The number of ether oxygens (including phenoxy) is 2. The van der Waals surface area contributed by atoms with E-state index in [-0.39, 0.29) is 24.1 Å². The summed E-state index contributed by atoms with van der Waals surface area (Å²) in [6.07, 6.45) is 0.502. The van der Waals surface area contributed by atoms with Crippen molar-refractivity contribution in [2.75, 3.05) is 25.7 Å². The number of anilines is 1. The van der Waals surface area contributed by atoms with Gasteiger partial charge in [0.25, 0.3) is 5.91 Å². The molecule has 1 aliphatic rings. The smallest absolute Gasteiger partial charge is 0.257 e. The minimum atomic E-state index is -0.791. The SMILES string of the molecule is COc1ccc(CCN(C(C)=O)[C@@H]2CC(=O)N(c3ccccc3)C2=O)cc1OC. The topological polar surface area (TPSA) is 76.2 Å². The zero-order chi connectivity index (χ0) is 21.0. The molecule has 0 unspecified atom stereocenters. The Morgan fingerprint density at radius 2 is 1.76 bits per heavy atom. The van der Waals surface area contributed by atoms with Crippen molar-refractivity contribution < 1.29 is 23.9 Å². The van der Waals surface area contributed by atoms with Gasteiger partial charge < -0.3 is 14.4 Å². The Hall–Kier alpha value is -3.35. The molecule has 0 bridgehead atoms. The molecule has 2 aromatic carbocycles. The summed E-state index contributed by atoms with van der Waals surface area (Å²) >= 11 is 0. The molecule has 1 saturated heterocycles. The van der Waals surface area contributed by atoms with Crippen LogP contribution in [0, 0.1) is 0 Å². The summed E-state index contributed by atoms with van der Waals surface area (Å²) in [5.41, 5.74) is 1.46. The van der Waals surface area contributed by atoms with E-state index in [1.807, 2.05) is 18.2 Å². The number of methoxy groups -OCH3 is 2. The summed E-state index contributed by atoms with van der Waals surface area (Å²) in [5, 5.41) is 0. The number of carbonyl (C=O) groups is 3. The quantitative estimate of drug-likeness (QED) is 0.672. The molecule has 1 heterocycles. The first kappa shape index (κ1) is 20.4. The highest BCUT2D eigenvalue weighted by Gasteiger charge is 2.43. The van der Waals surface area contributed by atoms with Crippen LogP contribution in [0.5, 0.6) is 11.5 Å². The lowest BCUT2D eigenvalue weighted by Gasteiger charge is -2.26. The van der Waals surface area contributed by atoms with Crippen LogP contribution in [-0.2, 0) is 20.8 Å². The van der Waals surface area contributed by atoms with Crippen molar-refractivity contribution >= 4 is 23.4 Å². The number of benzene rings is 2. The van der Waals surface area contributed by atoms with Gasteiger partial charge in [0.15, 0.2) is 11.5 Å². The molecule has 29 heavy (non-hydrogen) atoms. The fraction of sp³-hybridized carbons (Fsp3) is 0.318. The average Bonchev–Trinajstić information content (AvgIpc) is 3.02. The fourth-order valence-corrected chi connectivity index (χ4v) is 3.53. The maximum absolute atomic E-state index is 12.9. The van der Waals surface area contributed by atoms with E-state index < -0.39 is 6.04 Å². The highest BCUT2D eigenvalue weighted by molar-refractivity contribution is 6.22. The molecule has 0 aromatic heterocycles. The Labute approximate surface area is 169 Å². The van der Waals surface area contributed by atoms with Crippen LogP contribution in [-0.4, -0.2) is 49.4 Å². The first-order chi connectivity index (χ1) is 14.0. The van der Waals surface area contributed by atoms with E-state index in [2.05, 4.69) is 0 Å². The van der Waals surface area contributed by atoms with E-state index in [0.717, 1.165) is 10.5 Å². The van der Waals surface area contributed by atoms with Crippen LogP contribution in [0.25, 0.3) is 0 Å². The number of rotatable bonds is 7. The summed E-state index contributed by atoms with van der Waals surface area (Å²) in [6, 6.07) is 13.5. The van der Waals surface area contributed by atoms with Crippen molar-refractivity contribution in [1.82, 2.24) is 4.90 Å². The molecule has 0 radical (unpaired) electrons. The summed E-state index contributed by atoms with van der Waals surface area (Å²) in [4.78, 5) is 40.3. The summed E-state index contributed by atoms with van der Waals surface area (Å²) < 4.78 is 10.6. The van der Waals surface area contributed by atoms with E-state index in [0.29, 0.717) is 30.2 Å². The number of imide groups is 1. The molecule has 0 aliphatic carbocycles. The molecule has 3 amide bonds. The molecule has 1 aliphatic heterocycles. The van der Waals surface area contributed by atoms with Crippen molar-refractivity contribution in [1.29, 1.82) is 0 Å². The van der Waals surface area contributed by atoms with Crippen LogP contribution in [0.15, 0.2) is 48.5 Å². The van der Waals surface area contributed by atoms with Gasteiger partial charge in [-0.05, 0) is 36.2 Å². The normalized spacial score (nSPS) is 16.1. The second kappa shape index (κ2) is 8.77. The summed E-state index contributed by atoms with van der Waals surface area (Å²) in [6.45, 7) is 1.73. The Balaban J connectivity index is 1.76. The Kier molecular flexibility index (Phi) is 6.16. The van der Waals surface area contributed by atoms with Crippen molar-refractivity contribution in [3.8, 4) is 11.5 Å². The van der Waals surface area contributed by atoms with E-state index in [4.69, 9.17) is 9.47 Å². The van der Waals surface area contributed by atoms with Gasteiger partial charge in [0, 0.05) is 13.5 Å². The van der Waals surface area contributed by atoms with Gasteiger partial charge >= 0.3 is 0 Å². The number of para-hydroxylation sites is 1. The highest BCUT2D eigenvalue weighted by Crippen LogP contribution is 2.29. The summed E-state index contributed by atoms with van der Waals surface area (Å²) in [5.74, 6) is 0.301. The van der Waals surface area contributed by atoms with E-state index >= 15 is 0 Å². The molecule has 0 saturated carbocycles. The maximum atomic E-state index is 12.9. The second-order valence-corrected chi connectivity index (χ2v) is 6.77. The van der Waals surface area contributed by atoms with Crippen LogP contribution in [0.4, 0.5) is 5.69 Å². The minimum Gasteiger partial charge on any atom is -0.493 e. The molecular formula is C22H24N2O5. The number of hydrogen-bond donors (Lipinski definition) is 0. The third-order valence-corrected chi connectivity index (χ3v) is 5.01. The van der Waals surface area contributed by atoms with Crippen molar-refractivity contribution in [3.63, 3.8) is 0 Å². The molecule has 1 atom stereocenters. The van der Waals surface area contributed by atoms with Gasteiger partial charge in [-0.3, -0.25) is 14.4 Å². The predicted molar refractivity (Wildman–Crippen MR) is 108 cm³/mol. The van der Waals surface area contributed by atoms with Gasteiger partial charge in [0.1, 0.15) is 6.04 Å². The number of carbonyl (C=O) groups excluding carboxylic acids is 3. The average molecular weight is 396 g/mol. The van der Waals surface area contributed by atoms with Gasteiger partial charge in [-0.25, -0.2) is 4.90 Å². The molecule has 0 N–H and O–H groups in total. The Bertz CT molecular complexity index is 913. The third kappa shape index (κ3) is 4.23. The van der Waals surface area contributed by atoms with Crippen molar-refractivity contribution in [2.24, 2.45) is 0 Å².